The maximum atomic E-state index is 14.6. The fraction of sp³-hybridized carbons (Fsp3) is 0.406. The second-order valence-corrected chi connectivity index (χ2v) is 10.6. The third-order valence-electron chi connectivity index (χ3n) is 6.99. The summed E-state index contributed by atoms with van der Waals surface area (Å²) < 4.78 is 41.0. The highest BCUT2D eigenvalue weighted by molar-refractivity contribution is 5.74. The molecule has 0 bridgehead atoms. The molecule has 1 aliphatic carbocycles. The van der Waals surface area contributed by atoms with Crippen LogP contribution >= 0.6 is 0 Å². The minimum absolute atomic E-state index is 0.0119. The Balaban J connectivity index is 0.000000474. The van der Waals surface area contributed by atoms with Crippen LogP contribution < -0.4 is 10.2 Å². The van der Waals surface area contributed by atoms with Crippen molar-refractivity contribution in [3.05, 3.63) is 103 Å². The van der Waals surface area contributed by atoms with Gasteiger partial charge in [-0.2, -0.15) is 0 Å². The summed E-state index contributed by atoms with van der Waals surface area (Å²) in [5.74, 6) is -2.85. The van der Waals surface area contributed by atoms with Crippen LogP contribution in [0.1, 0.15) is 51.2 Å². The molecule has 1 aromatic heterocycles. The van der Waals surface area contributed by atoms with Gasteiger partial charge in [0.1, 0.15) is 5.67 Å². The van der Waals surface area contributed by atoms with E-state index in [0.29, 0.717) is 17.7 Å². The van der Waals surface area contributed by atoms with Crippen molar-refractivity contribution in [1.29, 1.82) is 0 Å². The predicted octanol–water partition coefficient (Wildman–Crippen LogP) is 8.18. The minimum Gasteiger partial charge on any atom is -0.382 e. The Hall–Kier alpha value is -3.28. The molecule has 206 valence electrons. The molecular weight excluding hydrogens is 483 g/mol. The number of halogens is 3. The normalized spacial score (nSPS) is 21.5. The van der Waals surface area contributed by atoms with Crippen LogP contribution in [0, 0.1) is 5.92 Å². The lowest BCUT2D eigenvalue weighted by Crippen LogP contribution is -2.47. The zero-order valence-electron chi connectivity index (χ0n) is 23.4. The highest BCUT2D eigenvalue weighted by Gasteiger charge is 2.39. The van der Waals surface area contributed by atoms with E-state index in [1.165, 1.54) is 0 Å². The van der Waals surface area contributed by atoms with Crippen molar-refractivity contribution in [2.45, 2.75) is 64.1 Å². The maximum absolute atomic E-state index is 14.6. The Bertz CT molecular complexity index is 1100. The number of allylic oxidation sites excluding steroid dienone is 3. The van der Waals surface area contributed by atoms with E-state index in [1.807, 2.05) is 50.3 Å². The van der Waals surface area contributed by atoms with Gasteiger partial charge in [0.05, 0.1) is 11.9 Å². The first-order valence-electron chi connectivity index (χ1n) is 13.0. The van der Waals surface area contributed by atoms with Crippen LogP contribution in [0.4, 0.5) is 18.9 Å². The van der Waals surface area contributed by atoms with Crippen LogP contribution in [0.2, 0.25) is 0 Å². The number of rotatable bonds is 9. The second kappa shape index (κ2) is 13.5. The van der Waals surface area contributed by atoms with Crippen molar-refractivity contribution in [2.24, 2.45) is 5.92 Å². The van der Waals surface area contributed by atoms with Crippen LogP contribution in [0.5, 0.6) is 0 Å². The largest absolute Gasteiger partial charge is 0.382 e. The molecular formula is C32H42F3N3. The summed E-state index contributed by atoms with van der Waals surface area (Å²) in [6, 6.07) is 10.9. The molecule has 1 heterocycles. The summed E-state index contributed by atoms with van der Waals surface area (Å²) in [6.45, 7) is 16.6. The minimum atomic E-state index is -2.73. The molecule has 3 atom stereocenters. The summed E-state index contributed by atoms with van der Waals surface area (Å²) >= 11 is 0. The third-order valence-corrected chi connectivity index (χ3v) is 6.99. The summed E-state index contributed by atoms with van der Waals surface area (Å²) in [5.41, 5.74) is 3.54. The molecule has 1 N–H and O–H groups in total. The first-order valence-corrected chi connectivity index (χ1v) is 13.0. The van der Waals surface area contributed by atoms with E-state index in [4.69, 9.17) is 0 Å². The van der Waals surface area contributed by atoms with Gasteiger partial charge in [-0.3, -0.25) is 4.98 Å². The molecule has 2 aromatic rings. The van der Waals surface area contributed by atoms with Gasteiger partial charge < -0.3 is 10.2 Å². The number of pyridine rings is 1. The summed E-state index contributed by atoms with van der Waals surface area (Å²) in [4.78, 5) is 5.99. The van der Waals surface area contributed by atoms with E-state index in [-0.39, 0.29) is 18.4 Å². The molecule has 1 aliphatic rings. The van der Waals surface area contributed by atoms with Crippen LogP contribution in [-0.2, 0) is 6.42 Å². The number of benzene rings is 1. The Morgan fingerprint density at radius 3 is 2.37 bits per heavy atom. The highest BCUT2D eigenvalue weighted by atomic mass is 19.3. The van der Waals surface area contributed by atoms with Crippen molar-refractivity contribution < 1.29 is 13.2 Å². The van der Waals surface area contributed by atoms with E-state index < -0.39 is 11.6 Å². The molecule has 1 saturated carbocycles. The van der Waals surface area contributed by atoms with Crippen LogP contribution in [0.25, 0.3) is 5.57 Å². The van der Waals surface area contributed by atoms with E-state index in [0.717, 1.165) is 42.2 Å². The number of hydrogen-bond donors (Lipinski definition) is 1. The lowest BCUT2D eigenvalue weighted by Gasteiger charge is -2.40. The average molecular weight is 526 g/mol. The van der Waals surface area contributed by atoms with Crippen LogP contribution in [-0.4, -0.2) is 36.7 Å². The standard InChI is InChI=1S/C25H32F3N.C7H10N2/c1-7-21(19(4)29-23-9-8-14-24(5,26)18(23)3)15-17(2)22-12-10-20(11-13-22)16-25(6,27)28;1-9(2)7-4-3-5-8-6-7/h7,10-13,15,18,23,29H,1-2,4,8-9,14,16H2,3,5-6H3;3-6H,1-2H3/b21-15+;. The Labute approximate surface area is 226 Å². The Morgan fingerprint density at radius 1 is 1.21 bits per heavy atom. The molecule has 0 amide bonds. The van der Waals surface area contributed by atoms with Crippen molar-refractivity contribution >= 4 is 11.3 Å². The predicted molar refractivity (Wildman–Crippen MR) is 155 cm³/mol. The molecule has 0 saturated heterocycles. The summed E-state index contributed by atoms with van der Waals surface area (Å²) in [7, 11) is 3.99. The molecule has 0 aliphatic heterocycles. The number of nitrogens with one attached hydrogen (secondary N) is 1. The number of alkyl halides is 3. The highest BCUT2D eigenvalue weighted by Crippen LogP contribution is 2.37. The summed E-state index contributed by atoms with van der Waals surface area (Å²) in [6.07, 6.45) is 9.18. The van der Waals surface area contributed by atoms with Crippen molar-refractivity contribution in [1.82, 2.24) is 10.3 Å². The van der Waals surface area contributed by atoms with Gasteiger partial charge in [-0.05, 0) is 73.6 Å². The fourth-order valence-electron chi connectivity index (χ4n) is 4.42. The van der Waals surface area contributed by atoms with Crippen LogP contribution in [0.3, 0.4) is 0 Å². The van der Waals surface area contributed by atoms with Gasteiger partial charge in [-0.15, -0.1) is 0 Å². The number of anilines is 1. The van der Waals surface area contributed by atoms with Crippen LogP contribution in [0.15, 0.2) is 92.0 Å². The van der Waals surface area contributed by atoms with E-state index in [9.17, 15) is 13.2 Å². The lowest BCUT2D eigenvalue weighted by atomic mass is 9.75. The average Bonchev–Trinajstić information content (AvgIpc) is 2.85. The van der Waals surface area contributed by atoms with Crippen molar-refractivity contribution in [3.8, 4) is 0 Å². The van der Waals surface area contributed by atoms with Gasteiger partial charge in [-0.25, -0.2) is 13.2 Å². The zero-order valence-corrected chi connectivity index (χ0v) is 23.4. The maximum Gasteiger partial charge on any atom is 0.249 e. The molecule has 3 rings (SSSR count). The summed E-state index contributed by atoms with van der Waals surface area (Å²) in [5, 5.41) is 3.37. The molecule has 38 heavy (non-hydrogen) atoms. The van der Waals surface area contributed by atoms with E-state index in [2.05, 4.69) is 30.0 Å². The van der Waals surface area contributed by atoms with Gasteiger partial charge >= 0.3 is 0 Å². The molecule has 0 spiro atoms. The van der Waals surface area contributed by atoms with E-state index >= 15 is 0 Å². The number of aromatic nitrogens is 1. The fourth-order valence-corrected chi connectivity index (χ4v) is 4.42. The Kier molecular flexibility index (Phi) is 11.0. The van der Waals surface area contributed by atoms with Gasteiger partial charge in [-0.1, -0.05) is 57.0 Å². The SMILES string of the molecule is C=C/C(=C\C(=C)c1ccc(CC(C)(F)F)cc1)C(=C)NC1CCCC(C)(F)C1C.CN(C)c1cccnc1. The molecule has 3 unspecified atom stereocenters. The Morgan fingerprint density at radius 2 is 1.87 bits per heavy atom. The molecule has 3 nitrogen and oxygen atoms in total. The third kappa shape index (κ3) is 9.55. The zero-order chi connectivity index (χ0) is 28.5. The number of hydrogen-bond acceptors (Lipinski definition) is 3. The van der Waals surface area contributed by atoms with Gasteiger partial charge in [0.15, 0.2) is 0 Å². The van der Waals surface area contributed by atoms with Gasteiger partial charge in [0.25, 0.3) is 0 Å². The quantitative estimate of drug-likeness (QED) is 0.335. The molecule has 6 heteroatoms. The monoisotopic (exact) mass is 525 g/mol. The lowest BCUT2D eigenvalue weighted by molar-refractivity contribution is 0.0226. The van der Waals surface area contributed by atoms with Crippen molar-refractivity contribution in [3.63, 3.8) is 0 Å². The molecule has 1 aromatic carbocycles. The smallest absolute Gasteiger partial charge is 0.249 e. The molecule has 0 radical (unpaired) electrons. The first-order chi connectivity index (χ1) is 17.7. The van der Waals surface area contributed by atoms with Crippen molar-refractivity contribution in [2.75, 3.05) is 19.0 Å². The topological polar surface area (TPSA) is 28.2 Å². The molecule has 1 fully saturated rings. The first kappa shape index (κ1) is 30.9. The van der Waals surface area contributed by atoms with Gasteiger partial charge in [0, 0.05) is 44.4 Å². The second-order valence-electron chi connectivity index (χ2n) is 10.6. The number of nitrogens with zero attached hydrogens (tertiary/aromatic N) is 2. The van der Waals surface area contributed by atoms with Gasteiger partial charge in [0.2, 0.25) is 5.92 Å². The van der Waals surface area contributed by atoms with E-state index in [1.54, 1.807) is 43.5 Å².